The van der Waals surface area contributed by atoms with E-state index in [2.05, 4.69) is 14.9 Å². The van der Waals surface area contributed by atoms with Crippen molar-refractivity contribution in [3.8, 4) is 11.5 Å². The Bertz CT molecular complexity index is 552. The molecule has 6 heteroatoms. The summed E-state index contributed by atoms with van der Waals surface area (Å²) in [5.41, 5.74) is 8.20. The maximum Gasteiger partial charge on any atom is 0.161 e. The van der Waals surface area contributed by atoms with Crippen LogP contribution in [0.1, 0.15) is 29.9 Å². The Morgan fingerprint density at radius 3 is 2.68 bits per heavy atom. The van der Waals surface area contributed by atoms with Gasteiger partial charge in [0.05, 0.1) is 7.11 Å². The molecule has 0 amide bonds. The summed E-state index contributed by atoms with van der Waals surface area (Å²) < 4.78 is 15.6. The van der Waals surface area contributed by atoms with Gasteiger partial charge in [-0.1, -0.05) is 16.4 Å². The second kappa shape index (κ2) is 5.71. The summed E-state index contributed by atoms with van der Waals surface area (Å²) in [6.45, 7) is 4.01. The zero-order chi connectivity index (χ0) is 13.8. The van der Waals surface area contributed by atoms with Crippen LogP contribution >= 0.6 is 0 Å². The maximum absolute atomic E-state index is 5.83. The molecule has 2 N–H and O–H groups in total. The molecule has 0 aliphatic carbocycles. The van der Waals surface area contributed by atoms with Crippen molar-refractivity contribution in [2.75, 3.05) is 7.11 Å². The van der Waals surface area contributed by atoms with Crippen molar-refractivity contribution in [2.24, 2.45) is 5.73 Å². The van der Waals surface area contributed by atoms with Gasteiger partial charge in [0, 0.05) is 6.04 Å². The Hall–Kier alpha value is -2.08. The molecule has 102 valence electrons. The first-order valence-electron chi connectivity index (χ1n) is 5.96. The van der Waals surface area contributed by atoms with E-state index in [4.69, 9.17) is 15.2 Å². The molecule has 6 nitrogen and oxygen atoms in total. The molecule has 0 saturated heterocycles. The van der Waals surface area contributed by atoms with E-state index in [-0.39, 0.29) is 12.6 Å². The number of ether oxygens (including phenoxy) is 2. The topological polar surface area (TPSA) is 83.4 Å². The predicted molar refractivity (Wildman–Crippen MR) is 69.0 cm³/mol. The van der Waals surface area contributed by atoms with Crippen LogP contribution < -0.4 is 15.2 Å². The van der Waals surface area contributed by atoms with E-state index < -0.39 is 0 Å². The van der Waals surface area contributed by atoms with Crippen LogP contribution in [-0.4, -0.2) is 17.4 Å². The van der Waals surface area contributed by atoms with Crippen molar-refractivity contribution in [1.29, 1.82) is 0 Å². The summed E-state index contributed by atoms with van der Waals surface area (Å²) in [4.78, 5) is 0. The third-order valence-electron chi connectivity index (χ3n) is 2.82. The van der Waals surface area contributed by atoms with E-state index in [1.165, 1.54) is 0 Å². The normalized spacial score (nSPS) is 12.2. The van der Waals surface area contributed by atoms with Gasteiger partial charge >= 0.3 is 0 Å². The highest BCUT2D eigenvalue weighted by Crippen LogP contribution is 2.30. The summed E-state index contributed by atoms with van der Waals surface area (Å²) in [6, 6.07) is 5.56. The van der Waals surface area contributed by atoms with Crippen molar-refractivity contribution in [3.05, 3.63) is 35.2 Å². The molecule has 0 aliphatic rings. The average Bonchev–Trinajstić information content (AvgIpc) is 2.81. The Balaban J connectivity index is 2.14. The van der Waals surface area contributed by atoms with E-state index in [0.717, 1.165) is 5.56 Å². The van der Waals surface area contributed by atoms with Crippen LogP contribution in [0.3, 0.4) is 0 Å². The standard InChI is InChI=1S/C13H17N3O3/c1-8(14)10-4-5-12(13(6-10)17-3)18-7-11-9(2)15-19-16-11/h4-6,8H,7,14H2,1-3H3. The van der Waals surface area contributed by atoms with E-state index in [0.29, 0.717) is 22.9 Å². The van der Waals surface area contributed by atoms with Crippen molar-refractivity contribution in [2.45, 2.75) is 26.5 Å². The minimum absolute atomic E-state index is 0.0510. The molecule has 1 unspecified atom stereocenters. The largest absolute Gasteiger partial charge is 0.493 e. The number of aryl methyl sites for hydroxylation is 1. The fraction of sp³-hybridized carbons (Fsp3) is 0.385. The zero-order valence-electron chi connectivity index (χ0n) is 11.2. The first-order chi connectivity index (χ1) is 9.11. The Kier molecular flexibility index (Phi) is 4.01. The molecular weight excluding hydrogens is 246 g/mol. The van der Waals surface area contributed by atoms with Gasteiger partial charge in [0.2, 0.25) is 0 Å². The summed E-state index contributed by atoms with van der Waals surface area (Å²) in [7, 11) is 1.59. The number of rotatable bonds is 5. The van der Waals surface area contributed by atoms with Gasteiger partial charge in [-0.3, -0.25) is 0 Å². The molecule has 2 rings (SSSR count). The van der Waals surface area contributed by atoms with Crippen molar-refractivity contribution in [1.82, 2.24) is 10.3 Å². The highest BCUT2D eigenvalue weighted by Gasteiger charge is 2.11. The monoisotopic (exact) mass is 263 g/mol. The molecule has 1 atom stereocenters. The lowest BCUT2D eigenvalue weighted by atomic mass is 10.1. The number of nitrogens with zero attached hydrogens (tertiary/aromatic N) is 2. The molecule has 0 fully saturated rings. The van der Waals surface area contributed by atoms with Crippen LogP contribution in [0, 0.1) is 6.92 Å². The van der Waals surface area contributed by atoms with Crippen molar-refractivity contribution in [3.63, 3.8) is 0 Å². The van der Waals surface area contributed by atoms with Crippen molar-refractivity contribution < 1.29 is 14.1 Å². The summed E-state index contributed by atoms with van der Waals surface area (Å²) in [5.74, 6) is 1.28. The molecule has 0 bridgehead atoms. The Morgan fingerprint density at radius 1 is 1.32 bits per heavy atom. The molecule has 0 saturated carbocycles. The van der Waals surface area contributed by atoms with Crippen LogP contribution in [0.25, 0.3) is 0 Å². The smallest absolute Gasteiger partial charge is 0.161 e. The summed E-state index contributed by atoms with van der Waals surface area (Å²) in [6.07, 6.45) is 0. The lowest BCUT2D eigenvalue weighted by molar-refractivity contribution is 0.260. The van der Waals surface area contributed by atoms with Gasteiger partial charge in [0.1, 0.15) is 18.0 Å². The van der Waals surface area contributed by atoms with E-state index in [9.17, 15) is 0 Å². The summed E-state index contributed by atoms with van der Waals surface area (Å²) >= 11 is 0. The average molecular weight is 263 g/mol. The fourth-order valence-electron chi connectivity index (χ4n) is 1.61. The number of aromatic nitrogens is 2. The number of nitrogens with two attached hydrogens (primary N) is 1. The first-order valence-corrected chi connectivity index (χ1v) is 5.96. The van der Waals surface area contributed by atoms with Gasteiger partial charge in [-0.15, -0.1) is 0 Å². The molecule has 1 heterocycles. The second-order valence-corrected chi connectivity index (χ2v) is 4.28. The van der Waals surface area contributed by atoms with E-state index in [1.54, 1.807) is 7.11 Å². The molecule has 1 aromatic carbocycles. The van der Waals surface area contributed by atoms with E-state index >= 15 is 0 Å². The van der Waals surface area contributed by atoms with Crippen LogP contribution in [0.2, 0.25) is 0 Å². The third kappa shape index (κ3) is 3.03. The van der Waals surface area contributed by atoms with Gasteiger partial charge in [0.25, 0.3) is 0 Å². The third-order valence-corrected chi connectivity index (χ3v) is 2.82. The molecule has 19 heavy (non-hydrogen) atoms. The maximum atomic E-state index is 5.83. The van der Waals surface area contributed by atoms with Crippen LogP contribution in [0.5, 0.6) is 11.5 Å². The Morgan fingerprint density at radius 2 is 2.11 bits per heavy atom. The highest BCUT2D eigenvalue weighted by atomic mass is 16.6. The number of methoxy groups -OCH3 is 1. The first kappa shape index (κ1) is 13.4. The number of hydrogen-bond donors (Lipinski definition) is 1. The molecule has 0 radical (unpaired) electrons. The second-order valence-electron chi connectivity index (χ2n) is 4.28. The predicted octanol–water partition coefficient (Wildman–Crippen LogP) is 1.99. The lowest BCUT2D eigenvalue weighted by Gasteiger charge is -2.13. The van der Waals surface area contributed by atoms with Crippen molar-refractivity contribution >= 4 is 0 Å². The minimum atomic E-state index is -0.0510. The quantitative estimate of drug-likeness (QED) is 0.888. The highest BCUT2D eigenvalue weighted by molar-refractivity contribution is 5.43. The zero-order valence-corrected chi connectivity index (χ0v) is 11.2. The van der Waals surface area contributed by atoms with Gasteiger partial charge < -0.3 is 15.2 Å². The van der Waals surface area contributed by atoms with Crippen LogP contribution in [-0.2, 0) is 6.61 Å². The lowest BCUT2D eigenvalue weighted by Crippen LogP contribution is -2.06. The van der Waals surface area contributed by atoms with Crippen LogP contribution in [0.4, 0.5) is 0 Å². The summed E-state index contributed by atoms with van der Waals surface area (Å²) in [5, 5.41) is 7.46. The van der Waals surface area contributed by atoms with E-state index in [1.807, 2.05) is 32.0 Å². The van der Waals surface area contributed by atoms with Gasteiger partial charge in [0.15, 0.2) is 11.5 Å². The molecule has 0 spiro atoms. The molecule has 0 aliphatic heterocycles. The minimum Gasteiger partial charge on any atom is -0.493 e. The van der Waals surface area contributed by atoms with Gasteiger partial charge in [-0.25, -0.2) is 4.63 Å². The van der Waals surface area contributed by atoms with Gasteiger partial charge in [-0.05, 0) is 31.5 Å². The SMILES string of the molecule is COc1cc(C(C)N)ccc1OCc1nonc1C. The van der Waals surface area contributed by atoms with Gasteiger partial charge in [-0.2, -0.15) is 0 Å². The fourth-order valence-corrected chi connectivity index (χ4v) is 1.61. The molecular formula is C13H17N3O3. The Labute approximate surface area is 111 Å². The molecule has 2 aromatic rings. The van der Waals surface area contributed by atoms with Crippen LogP contribution in [0.15, 0.2) is 22.8 Å². The number of benzene rings is 1. The molecule has 1 aromatic heterocycles. The number of hydrogen-bond acceptors (Lipinski definition) is 6.